The zero-order valence-electron chi connectivity index (χ0n) is 9.94. The van der Waals surface area contributed by atoms with Gasteiger partial charge in [0.15, 0.2) is 0 Å². The van der Waals surface area contributed by atoms with Gasteiger partial charge in [-0.3, -0.25) is 0 Å². The van der Waals surface area contributed by atoms with E-state index in [4.69, 9.17) is 5.26 Å². The Hall–Kier alpha value is -1.52. The van der Waals surface area contributed by atoms with Crippen molar-refractivity contribution >= 4 is 10.0 Å². The summed E-state index contributed by atoms with van der Waals surface area (Å²) in [5.41, 5.74) is 0. The number of nitriles is 1. The summed E-state index contributed by atoms with van der Waals surface area (Å²) in [4.78, 5) is -0.726. The van der Waals surface area contributed by atoms with Gasteiger partial charge < -0.3 is 0 Å². The first-order valence-electron chi connectivity index (χ1n) is 5.81. The van der Waals surface area contributed by atoms with Crippen molar-refractivity contribution < 1.29 is 17.2 Å². The van der Waals surface area contributed by atoms with Crippen molar-refractivity contribution in [1.82, 2.24) is 4.72 Å². The van der Waals surface area contributed by atoms with E-state index < -0.39 is 38.5 Å². The molecule has 1 saturated carbocycles. The number of nitrogens with zero attached hydrogens (tertiary/aromatic N) is 1. The first-order valence-corrected chi connectivity index (χ1v) is 7.29. The lowest BCUT2D eigenvalue weighted by Crippen LogP contribution is -2.37. The number of hydrogen-bond acceptors (Lipinski definition) is 3. The third kappa shape index (κ3) is 2.91. The topological polar surface area (TPSA) is 70.0 Å². The molecule has 1 aromatic rings. The Balaban J connectivity index is 2.28. The molecule has 1 N–H and O–H groups in total. The smallest absolute Gasteiger partial charge is 0.207 e. The van der Waals surface area contributed by atoms with E-state index in [9.17, 15) is 17.2 Å². The lowest BCUT2D eigenvalue weighted by molar-refractivity contribution is 0.505. The number of benzene rings is 1. The van der Waals surface area contributed by atoms with Gasteiger partial charge in [-0.05, 0) is 31.0 Å². The molecule has 102 valence electrons. The van der Waals surface area contributed by atoms with Gasteiger partial charge in [0.05, 0.1) is 12.0 Å². The van der Waals surface area contributed by atoms with Gasteiger partial charge in [0, 0.05) is 6.04 Å². The number of sulfonamides is 1. The van der Waals surface area contributed by atoms with Crippen molar-refractivity contribution in [2.24, 2.45) is 5.92 Å². The van der Waals surface area contributed by atoms with Crippen LogP contribution in [0, 0.1) is 28.9 Å². The van der Waals surface area contributed by atoms with Crippen molar-refractivity contribution in [2.45, 2.75) is 30.2 Å². The van der Waals surface area contributed by atoms with Gasteiger partial charge in [-0.2, -0.15) is 5.26 Å². The molecule has 2 unspecified atom stereocenters. The van der Waals surface area contributed by atoms with Gasteiger partial charge >= 0.3 is 0 Å². The van der Waals surface area contributed by atoms with Crippen LogP contribution in [0.3, 0.4) is 0 Å². The quantitative estimate of drug-likeness (QED) is 0.923. The van der Waals surface area contributed by atoms with Gasteiger partial charge in [-0.25, -0.2) is 21.9 Å². The molecule has 0 amide bonds. The Morgan fingerprint density at radius 1 is 1.32 bits per heavy atom. The number of rotatable bonds is 3. The summed E-state index contributed by atoms with van der Waals surface area (Å²) < 4.78 is 52.8. The molecule has 2 atom stereocenters. The summed E-state index contributed by atoms with van der Waals surface area (Å²) in [6, 6.07) is 3.72. The maximum atomic E-state index is 13.5. The number of halogens is 2. The van der Waals surface area contributed by atoms with Crippen molar-refractivity contribution in [3.63, 3.8) is 0 Å². The second kappa shape index (κ2) is 5.23. The number of hydrogen-bond donors (Lipinski definition) is 1. The van der Waals surface area contributed by atoms with Gasteiger partial charge in [0.1, 0.15) is 16.5 Å². The van der Waals surface area contributed by atoms with Crippen LogP contribution in [0.15, 0.2) is 23.1 Å². The molecule has 2 rings (SSSR count). The van der Waals surface area contributed by atoms with Crippen LogP contribution in [0.25, 0.3) is 0 Å². The van der Waals surface area contributed by atoms with Gasteiger partial charge in [-0.15, -0.1) is 0 Å². The maximum absolute atomic E-state index is 13.5. The highest BCUT2D eigenvalue weighted by Crippen LogP contribution is 2.27. The molecule has 19 heavy (non-hydrogen) atoms. The minimum absolute atomic E-state index is 0.425. The standard InChI is InChI=1S/C12H12F2N2O2S/c13-9-4-5-10(14)12(6-9)19(17,18)16-11-3-1-2-8(11)7-15/h4-6,8,11,16H,1-3H2. The fourth-order valence-electron chi connectivity index (χ4n) is 2.20. The summed E-state index contributed by atoms with van der Waals surface area (Å²) in [5.74, 6) is -2.27. The largest absolute Gasteiger partial charge is 0.243 e. The summed E-state index contributed by atoms with van der Waals surface area (Å²) >= 11 is 0. The van der Waals surface area contributed by atoms with E-state index in [1.54, 1.807) is 0 Å². The lowest BCUT2D eigenvalue weighted by atomic mass is 10.1. The van der Waals surface area contributed by atoms with Crippen molar-refractivity contribution in [3.05, 3.63) is 29.8 Å². The molecular formula is C12H12F2N2O2S. The lowest BCUT2D eigenvalue weighted by Gasteiger charge is -2.16. The van der Waals surface area contributed by atoms with Crippen molar-refractivity contribution in [2.75, 3.05) is 0 Å². The molecule has 1 aliphatic rings. The van der Waals surface area contributed by atoms with Gasteiger partial charge in [0.2, 0.25) is 10.0 Å². The fraction of sp³-hybridized carbons (Fsp3) is 0.417. The van der Waals surface area contributed by atoms with Crippen LogP contribution in [0.4, 0.5) is 8.78 Å². The van der Waals surface area contributed by atoms with Crippen LogP contribution in [-0.2, 0) is 10.0 Å². The van der Waals surface area contributed by atoms with E-state index in [-0.39, 0.29) is 0 Å². The molecular weight excluding hydrogens is 274 g/mol. The highest BCUT2D eigenvalue weighted by Gasteiger charge is 2.32. The van der Waals surface area contributed by atoms with Gasteiger partial charge in [-0.1, -0.05) is 6.42 Å². The van der Waals surface area contributed by atoms with E-state index in [2.05, 4.69) is 4.72 Å². The average Bonchev–Trinajstić information content (AvgIpc) is 2.78. The molecule has 4 nitrogen and oxygen atoms in total. The molecule has 0 spiro atoms. The molecule has 1 fully saturated rings. The highest BCUT2D eigenvalue weighted by molar-refractivity contribution is 7.89. The number of nitrogens with one attached hydrogen (secondary N) is 1. The third-order valence-corrected chi connectivity index (χ3v) is 4.68. The Labute approximate surface area is 110 Å². The van der Waals surface area contributed by atoms with Gasteiger partial charge in [0.25, 0.3) is 0 Å². The zero-order valence-corrected chi connectivity index (χ0v) is 10.8. The first-order chi connectivity index (χ1) is 8.94. The first kappa shape index (κ1) is 13.9. The summed E-state index contributed by atoms with van der Waals surface area (Å²) in [5, 5.41) is 8.88. The molecule has 0 aliphatic heterocycles. The van der Waals surface area contributed by atoms with E-state index in [1.807, 2.05) is 6.07 Å². The molecule has 0 heterocycles. The molecule has 0 saturated heterocycles. The van der Waals surface area contributed by atoms with Crippen LogP contribution < -0.4 is 4.72 Å². The van der Waals surface area contributed by atoms with Crippen LogP contribution in [0.2, 0.25) is 0 Å². The van der Waals surface area contributed by atoms with E-state index in [1.165, 1.54) is 0 Å². The minimum Gasteiger partial charge on any atom is -0.207 e. The second-order valence-corrected chi connectivity index (χ2v) is 6.15. The summed E-state index contributed by atoms with van der Waals surface area (Å²) in [6.07, 6.45) is 1.86. The average molecular weight is 286 g/mol. The monoisotopic (exact) mass is 286 g/mol. The Bertz CT molecular complexity index is 625. The van der Waals surface area contributed by atoms with Crippen LogP contribution in [0.1, 0.15) is 19.3 Å². The zero-order chi connectivity index (χ0) is 14.0. The van der Waals surface area contributed by atoms with E-state index >= 15 is 0 Å². The Kier molecular flexibility index (Phi) is 3.83. The third-order valence-electron chi connectivity index (χ3n) is 3.17. The Morgan fingerprint density at radius 3 is 2.74 bits per heavy atom. The van der Waals surface area contributed by atoms with Crippen LogP contribution in [0.5, 0.6) is 0 Å². The highest BCUT2D eigenvalue weighted by atomic mass is 32.2. The van der Waals surface area contributed by atoms with E-state index in [0.29, 0.717) is 18.9 Å². The minimum atomic E-state index is -4.16. The molecule has 0 radical (unpaired) electrons. The van der Waals surface area contributed by atoms with E-state index in [0.717, 1.165) is 18.6 Å². The van der Waals surface area contributed by atoms with Crippen LogP contribution in [-0.4, -0.2) is 14.5 Å². The molecule has 7 heteroatoms. The fourth-order valence-corrected chi connectivity index (χ4v) is 3.60. The predicted octanol–water partition coefficient (Wildman–Crippen LogP) is 1.94. The molecule has 1 aromatic carbocycles. The van der Waals surface area contributed by atoms with Crippen molar-refractivity contribution in [3.8, 4) is 6.07 Å². The maximum Gasteiger partial charge on any atom is 0.243 e. The molecule has 0 aromatic heterocycles. The Morgan fingerprint density at radius 2 is 2.05 bits per heavy atom. The predicted molar refractivity (Wildman–Crippen MR) is 63.4 cm³/mol. The second-order valence-electron chi connectivity index (χ2n) is 4.47. The summed E-state index contributed by atoms with van der Waals surface area (Å²) in [7, 11) is -4.16. The van der Waals surface area contributed by atoms with Crippen molar-refractivity contribution in [1.29, 1.82) is 5.26 Å². The normalized spacial score (nSPS) is 23.2. The van der Waals surface area contributed by atoms with Crippen LogP contribution >= 0.6 is 0 Å². The summed E-state index contributed by atoms with van der Waals surface area (Å²) in [6.45, 7) is 0. The molecule has 0 bridgehead atoms. The SMILES string of the molecule is N#CC1CCCC1NS(=O)(=O)c1cc(F)ccc1F. The molecule has 1 aliphatic carbocycles.